The third kappa shape index (κ3) is 3.68. The Morgan fingerprint density at radius 3 is 2.67 bits per heavy atom. The number of aromatic nitrogens is 2. The predicted octanol–water partition coefficient (Wildman–Crippen LogP) is 0.499. The predicted molar refractivity (Wildman–Crippen MR) is 71.2 cm³/mol. The molecule has 8 heteroatoms. The van der Waals surface area contributed by atoms with Crippen molar-refractivity contribution >= 4 is 22.4 Å². The van der Waals surface area contributed by atoms with Crippen LogP contribution in [0.5, 0.6) is 0 Å². The number of nitrogens with zero attached hydrogens (tertiary/aromatic N) is 1. The van der Waals surface area contributed by atoms with E-state index >= 15 is 0 Å². The van der Waals surface area contributed by atoms with Crippen molar-refractivity contribution < 1.29 is 8.42 Å². The summed E-state index contributed by atoms with van der Waals surface area (Å²) in [7, 11) is -3.44. The maximum absolute atomic E-state index is 11.9. The molecule has 0 radical (unpaired) electrons. The van der Waals surface area contributed by atoms with E-state index in [1.807, 2.05) is 0 Å². The van der Waals surface area contributed by atoms with Gasteiger partial charge < -0.3 is 10.3 Å². The molecule has 0 saturated carbocycles. The summed E-state index contributed by atoms with van der Waals surface area (Å²) >= 11 is 0. The Kier molecular flexibility index (Phi) is 5.15. The van der Waals surface area contributed by atoms with Gasteiger partial charge in [-0.05, 0) is 31.3 Å². The summed E-state index contributed by atoms with van der Waals surface area (Å²) in [6, 6.07) is 0. The molecule has 18 heavy (non-hydrogen) atoms. The van der Waals surface area contributed by atoms with Gasteiger partial charge in [0.15, 0.2) is 5.03 Å². The van der Waals surface area contributed by atoms with E-state index < -0.39 is 10.0 Å². The van der Waals surface area contributed by atoms with Crippen LogP contribution in [-0.2, 0) is 10.0 Å². The molecular weight excluding hydrogens is 276 g/mol. The second-order valence-electron chi connectivity index (χ2n) is 4.80. The zero-order valence-electron chi connectivity index (χ0n) is 10.3. The zero-order valence-corrected chi connectivity index (χ0v) is 11.9. The van der Waals surface area contributed by atoms with Crippen LogP contribution in [0.1, 0.15) is 19.8 Å². The Labute approximate surface area is 113 Å². The van der Waals surface area contributed by atoms with Crippen LogP contribution in [-0.4, -0.2) is 38.0 Å². The van der Waals surface area contributed by atoms with E-state index in [4.69, 9.17) is 0 Å². The smallest absolute Gasteiger partial charge is 0.257 e. The minimum absolute atomic E-state index is 0. The minimum atomic E-state index is -3.44. The normalized spacial score (nSPS) is 19.2. The van der Waals surface area contributed by atoms with Crippen LogP contribution >= 0.6 is 12.4 Å². The molecular formula is C10H19ClN4O2S. The molecule has 6 nitrogen and oxygen atoms in total. The largest absolute Gasteiger partial charge is 0.335 e. The van der Waals surface area contributed by atoms with Crippen LogP contribution in [0.25, 0.3) is 0 Å². The summed E-state index contributed by atoms with van der Waals surface area (Å²) in [6.07, 6.45) is 4.64. The number of piperidine rings is 1. The fourth-order valence-electron chi connectivity index (χ4n) is 1.94. The second kappa shape index (κ2) is 6.01. The van der Waals surface area contributed by atoms with Gasteiger partial charge in [-0.2, -0.15) is 0 Å². The molecule has 1 aliphatic rings. The van der Waals surface area contributed by atoms with Crippen molar-refractivity contribution in [1.82, 2.24) is 20.0 Å². The number of aromatic amines is 1. The van der Waals surface area contributed by atoms with Crippen LogP contribution in [0.2, 0.25) is 0 Å². The SMILES string of the molecule is CC1(CNS(=O)(=O)c2cnc[nH]2)CCNCC1.Cl. The molecule has 1 saturated heterocycles. The van der Waals surface area contributed by atoms with E-state index in [9.17, 15) is 8.42 Å². The van der Waals surface area contributed by atoms with Gasteiger partial charge in [0.25, 0.3) is 10.0 Å². The summed E-state index contributed by atoms with van der Waals surface area (Å²) in [4.78, 5) is 6.32. The molecule has 0 atom stereocenters. The van der Waals surface area contributed by atoms with Crippen molar-refractivity contribution in [2.24, 2.45) is 5.41 Å². The highest BCUT2D eigenvalue weighted by Gasteiger charge is 2.28. The summed E-state index contributed by atoms with van der Waals surface area (Å²) in [6.45, 7) is 4.48. The first-order valence-corrected chi connectivity index (χ1v) is 7.19. The summed E-state index contributed by atoms with van der Waals surface area (Å²) in [5, 5.41) is 3.39. The number of hydrogen-bond donors (Lipinski definition) is 3. The van der Waals surface area contributed by atoms with Crippen LogP contribution in [0.3, 0.4) is 0 Å². The molecule has 3 N–H and O–H groups in total. The van der Waals surface area contributed by atoms with Gasteiger partial charge in [-0.1, -0.05) is 6.92 Å². The molecule has 0 bridgehead atoms. The van der Waals surface area contributed by atoms with Crippen molar-refractivity contribution in [2.75, 3.05) is 19.6 Å². The third-order valence-corrected chi connectivity index (χ3v) is 4.59. The van der Waals surface area contributed by atoms with Crippen molar-refractivity contribution in [3.63, 3.8) is 0 Å². The molecule has 1 fully saturated rings. The lowest BCUT2D eigenvalue weighted by atomic mass is 9.81. The molecule has 1 aliphatic heterocycles. The molecule has 0 unspecified atom stereocenters. The molecule has 2 rings (SSSR count). The van der Waals surface area contributed by atoms with Gasteiger partial charge >= 0.3 is 0 Å². The van der Waals surface area contributed by atoms with Gasteiger partial charge in [0, 0.05) is 6.54 Å². The van der Waals surface area contributed by atoms with Crippen LogP contribution in [0.15, 0.2) is 17.6 Å². The maximum Gasteiger partial charge on any atom is 0.257 e. The van der Waals surface area contributed by atoms with E-state index in [1.54, 1.807) is 0 Å². The van der Waals surface area contributed by atoms with E-state index in [0.717, 1.165) is 25.9 Å². The average molecular weight is 295 g/mol. The Bertz CT molecular complexity index is 454. The molecule has 0 aromatic carbocycles. The molecule has 1 aromatic heterocycles. The number of H-pyrrole nitrogens is 1. The van der Waals surface area contributed by atoms with Crippen molar-refractivity contribution in [3.05, 3.63) is 12.5 Å². The van der Waals surface area contributed by atoms with Crippen molar-refractivity contribution in [1.29, 1.82) is 0 Å². The van der Waals surface area contributed by atoms with Crippen LogP contribution in [0.4, 0.5) is 0 Å². The number of rotatable bonds is 4. The van der Waals surface area contributed by atoms with Crippen molar-refractivity contribution in [3.8, 4) is 0 Å². The molecule has 104 valence electrons. The van der Waals surface area contributed by atoms with Gasteiger partial charge in [0.2, 0.25) is 0 Å². The standard InChI is InChI=1S/C10H18N4O2S.ClH/c1-10(2-4-11-5-3-10)7-14-17(15,16)9-6-12-8-13-9;/h6,8,11,14H,2-5,7H2,1H3,(H,12,13);1H. The fourth-order valence-corrected chi connectivity index (χ4v) is 3.05. The summed E-state index contributed by atoms with van der Waals surface area (Å²) in [5.41, 5.74) is 0.0400. The number of sulfonamides is 1. The first-order chi connectivity index (χ1) is 8.02. The highest BCUT2D eigenvalue weighted by Crippen LogP contribution is 2.27. The van der Waals surface area contributed by atoms with E-state index in [-0.39, 0.29) is 22.8 Å². The maximum atomic E-state index is 11.9. The van der Waals surface area contributed by atoms with Gasteiger partial charge in [0.1, 0.15) is 0 Å². The van der Waals surface area contributed by atoms with Gasteiger partial charge in [0.05, 0.1) is 12.5 Å². The topological polar surface area (TPSA) is 86.9 Å². The Morgan fingerprint density at radius 2 is 2.11 bits per heavy atom. The van der Waals surface area contributed by atoms with Gasteiger partial charge in [-0.25, -0.2) is 18.1 Å². The van der Waals surface area contributed by atoms with Crippen LogP contribution < -0.4 is 10.0 Å². The number of halogens is 1. The molecule has 0 amide bonds. The van der Waals surface area contributed by atoms with E-state index in [0.29, 0.717) is 6.54 Å². The first-order valence-electron chi connectivity index (χ1n) is 5.71. The Balaban J connectivity index is 0.00000162. The Morgan fingerprint density at radius 1 is 1.44 bits per heavy atom. The monoisotopic (exact) mass is 294 g/mol. The molecule has 0 spiro atoms. The second-order valence-corrected chi connectivity index (χ2v) is 6.54. The minimum Gasteiger partial charge on any atom is -0.335 e. The molecule has 1 aromatic rings. The summed E-state index contributed by atoms with van der Waals surface area (Å²) in [5.74, 6) is 0. The highest BCUT2D eigenvalue weighted by atomic mass is 35.5. The Hall–Kier alpha value is -0.630. The van der Waals surface area contributed by atoms with Gasteiger partial charge in [-0.3, -0.25) is 0 Å². The highest BCUT2D eigenvalue weighted by molar-refractivity contribution is 7.89. The molecule has 0 aliphatic carbocycles. The lowest BCUT2D eigenvalue weighted by Crippen LogP contribution is -2.42. The number of imidazole rings is 1. The fraction of sp³-hybridized carbons (Fsp3) is 0.700. The lowest BCUT2D eigenvalue weighted by molar-refractivity contribution is 0.232. The number of hydrogen-bond acceptors (Lipinski definition) is 4. The number of nitrogens with one attached hydrogen (secondary N) is 3. The quantitative estimate of drug-likeness (QED) is 0.755. The van der Waals surface area contributed by atoms with Gasteiger partial charge in [-0.15, -0.1) is 12.4 Å². The lowest BCUT2D eigenvalue weighted by Gasteiger charge is -2.33. The summed E-state index contributed by atoms with van der Waals surface area (Å²) < 4.78 is 26.4. The van der Waals surface area contributed by atoms with E-state index in [2.05, 4.69) is 26.9 Å². The molecule has 2 heterocycles. The first kappa shape index (κ1) is 15.4. The zero-order chi connectivity index (χ0) is 12.4. The average Bonchev–Trinajstić information content (AvgIpc) is 2.82. The van der Waals surface area contributed by atoms with E-state index in [1.165, 1.54) is 12.5 Å². The van der Waals surface area contributed by atoms with Crippen LogP contribution in [0, 0.1) is 5.41 Å². The third-order valence-electron chi connectivity index (χ3n) is 3.26. The van der Waals surface area contributed by atoms with Crippen molar-refractivity contribution in [2.45, 2.75) is 24.8 Å².